The number of alkyl halides is 1. The topological polar surface area (TPSA) is 127 Å². The smallest absolute Gasteiger partial charge is 0.354 e. The lowest BCUT2D eigenvalue weighted by Crippen LogP contribution is -2.23. The summed E-state index contributed by atoms with van der Waals surface area (Å²) in [6.45, 7) is 10.2. The maximum Gasteiger partial charge on any atom is 0.354 e. The highest BCUT2D eigenvalue weighted by molar-refractivity contribution is 6.31. The molecule has 0 saturated heterocycles. The Bertz CT molecular complexity index is 1650. The molecule has 0 aliphatic rings. The van der Waals surface area contributed by atoms with E-state index in [2.05, 4.69) is 33.4 Å². The van der Waals surface area contributed by atoms with Crippen LogP contribution in [0.2, 0.25) is 5.02 Å². The van der Waals surface area contributed by atoms with Gasteiger partial charge in [0.2, 0.25) is 0 Å². The zero-order valence-electron chi connectivity index (χ0n) is 25.0. The van der Waals surface area contributed by atoms with Crippen molar-refractivity contribution in [3.05, 3.63) is 94.0 Å². The Morgan fingerprint density at radius 1 is 1.20 bits per heavy atom. The van der Waals surface area contributed by atoms with Crippen molar-refractivity contribution in [1.29, 1.82) is 0 Å². The van der Waals surface area contributed by atoms with Crippen LogP contribution in [0.4, 0.5) is 13.2 Å². The second-order valence-electron chi connectivity index (χ2n) is 10.4. The van der Waals surface area contributed by atoms with Crippen molar-refractivity contribution >= 4 is 28.5 Å². The molecule has 0 fully saturated rings. The maximum absolute atomic E-state index is 15.1. The molecule has 44 heavy (non-hydrogen) atoms. The van der Waals surface area contributed by atoms with Gasteiger partial charge in [0.25, 0.3) is 0 Å². The molecule has 0 bridgehead atoms. The Labute approximate surface area is 260 Å². The minimum atomic E-state index is -0.624. The van der Waals surface area contributed by atoms with Crippen LogP contribution in [-0.4, -0.2) is 46.2 Å². The van der Waals surface area contributed by atoms with E-state index >= 15 is 8.78 Å². The van der Waals surface area contributed by atoms with Gasteiger partial charge >= 0.3 is 5.69 Å². The van der Waals surface area contributed by atoms with E-state index in [0.717, 1.165) is 12.0 Å². The number of hydrogen-bond acceptors (Lipinski definition) is 5. The van der Waals surface area contributed by atoms with E-state index in [9.17, 15) is 9.18 Å². The summed E-state index contributed by atoms with van der Waals surface area (Å²) in [6.07, 6.45) is 3.94. The fourth-order valence-electron chi connectivity index (χ4n) is 4.74. The van der Waals surface area contributed by atoms with Gasteiger partial charge in [0.1, 0.15) is 18.1 Å². The maximum atomic E-state index is 15.1. The van der Waals surface area contributed by atoms with Gasteiger partial charge < -0.3 is 21.8 Å². The van der Waals surface area contributed by atoms with Crippen molar-refractivity contribution < 1.29 is 13.2 Å². The lowest BCUT2D eigenvalue weighted by molar-refractivity contribution is 0.407. The Morgan fingerprint density at radius 3 is 2.64 bits per heavy atom. The van der Waals surface area contributed by atoms with E-state index in [1.807, 2.05) is 6.92 Å². The van der Waals surface area contributed by atoms with Crippen LogP contribution in [0.15, 0.2) is 65.5 Å². The molecule has 0 spiro atoms. The molecule has 0 saturated carbocycles. The van der Waals surface area contributed by atoms with Crippen molar-refractivity contribution in [3.8, 4) is 16.9 Å². The highest BCUT2D eigenvalue weighted by Crippen LogP contribution is 2.31. The molecule has 2 heterocycles. The van der Waals surface area contributed by atoms with Gasteiger partial charge in [0.15, 0.2) is 5.82 Å². The first-order chi connectivity index (χ1) is 21.1. The normalized spacial score (nSPS) is 13.0. The minimum absolute atomic E-state index is 0.0538. The van der Waals surface area contributed by atoms with Gasteiger partial charge in [-0.15, -0.1) is 13.2 Å². The summed E-state index contributed by atoms with van der Waals surface area (Å²) in [7, 11) is 0. The van der Waals surface area contributed by atoms with Crippen molar-refractivity contribution in [1.82, 2.24) is 19.9 Å². The number of aromatic nitrogens is 3. The summed E-state index contributed by atoms with van der Waals surface area (Å²) < 4.78 is 44.1. The summed E-state index contributed by atoms with van der Waals surface area (Å²) in [5, 5.41) is 3.73. The average molecular weight is 630 g/mol. The number of nitrogens with zero attached hydrogens (tertiary/aromatic N) is 3. The Kier molecular flexibility index (Phi) is 12.7. The third-order valence-electron chi connectivity index (χ3n) is 7.00. The summed E-state index contributed by atoms with van der Waals surface area (Å²) in [4.78, 5) is 24.1. The fourth-order valence-corrected chi connectivity index (χ4v) is 4.98. The van der Waals surface area contributed by atoms with E-state index in [4.69, 9.17) is 23.1 Å². The number of aromatic amines is 1. The van der Waals surface area contributed by atoms with E-state index in [1.165, 1.54) is 22.9 Å². The Balaban J connectivity index is 0.00000259. The number of amidine groups is 1. The van der Waals surface area contributed by atoms with Crippen molar-refractivity contribution in [2.24, 2.45) is 16.5 Å². The summed E-state index contributed by atoms with van der Waals surface area (Å²) in [6, 6.07) is 8.64. The third kappa shape index (κ3) is 8.81. The predicted octanol–water partition coefficient (Wildman–Crippen LogP) is 6.15. The number of halogens is 4. The molecule has 2 aromatic heterocycles. The van der Waals surface area contributed by atoms with Crippen LogP contribution in [0.25, 0.3) is 28.0 Å². The zero-order valence-corrected chi connectivity index (χ0v) is 25.7. The molecule has 8 nitrogen and oxygen atoms in total. The molecular weight excluding hydrogens is 591 g/mol. The monoisotopic (exact) mass is 629 g/mol. The molecule has 0 aliphatic heterocycles. The molecule has 2 atom stereocenters. The van der Waals surface area contributed by atoms with Gasteiger partial charge in [-0.1, -0.05) is 17.7 Å². The van der Waals surface area contributed by atoms with E-state index in [0.29, 0.717) is 60.5 Å². The zero-order chi connectivity index (χ0) is 32.4. The second-order valence-corrected chi connectivity index (χ2v) is 10.8. The first kappa shape index (κ1) is 34.6. The van der Waals surface area contributed by atoms with E-state index in [1.54, 1.807) is 31.2 Å². The molecule has 4 rings (SSSR count). The first-order valence-electron chi connectivity index (χ1n) is 14.3. The largest absolute Gasteiger partial charge is 0.388 e. The Hall–Kier alpha value is -3.93. The molecule has 0 aliphatic carbocycles. The van der Waals surface area contributed by atoms with Crippen molar-refractivity contribution in [3.63, 3.8) is 0 Å². The minimum Gasteiger partial charge on any atom is -0.388 e. The molecule has 2 unspecified atom stereocenters. The van der Waals surface area contributed by atoms with Crippen molar-refractivity contribution in [2.75, 3.05) is 19.8 Å². The summed E-state index contributed by atoms with van der Waals surface area (Å²) in [5.41, 5.74) is 13.0. The molecule has 236 valence electrons. The van der Waals surface area contributed by atoms with E-state index in [-0.39, 0.29) is 22.3 Å². The molecule has 12 heteroatoms. The lowest BCUT2D eigenvalue weighted by atomic mass is 10.0. The van der Waals surface area contributed by atoms with Crippen LogP contribution in [-0.2, 0) is 6.42 Å². The van der Waals surface area contributed by atoms with Gasteiger partial charge in [-0.25, -0.2) is 18.0 Å². The third-order valence-corrected chi connectivity index (χ3v) is 7.28. The van der Waals surface area contributed by atoms with Crippen LogP contribution < -0.4 is 22.5 Å². The number of aliphatic imine (C=N–C) groups is 1. The number of fused-ring (bicyclic) bond motifs is 1. The van der Waals surface area contributed by atoms with Gasteiger partial charge in [-0.05, 0) is 82.0 Å². The molecular formula is C32H39ClF3N7O. The van der Waals surface area contributed by atoms with Gasteiger partial charge in [0.05, 0.1) is 22.2 Å². The number of H-pyrrole nitrogens is 1. The number of nitrogens with one attached hydrogen (secondary N) is 2. The van der Waals surface area contributed by atoms with Crippen LogP contribution in [0.5, 0.6) is 0 Å². The standard InChI is InChI=1S/C30H35ClF3N7O.C2H4/c1-17(37-9-4-10-38-18(2)35)23-8-7-22(14-26(23)33)41-16-20-13-27(39-29(20)40-30(41)42)24-11-19(12-25(31)28(24)34)5-3-6-21(36)15-32;1-2/h7-8,11-14,16-17,21,37H,3-6,9-10,15,36H2,1-2H3,(H2,35,38)(H,39,40,42);1-2H2. The number of benzene rings is 2. The number of aryl methyl sites for hydroxylation is 1. The number of rotatable bonds is 13. The number of nitrogens with two attached hydrogens (primary N) is 2. The molecule has 2 aromatic carbocycles. The fraction of sp³-hybridized carbons (Fsp3) is 0.344. The van der Waals surface area contributed by atoms with Crippen LogP contribution >= 0.6 is 11.6 Å². The van der Waals surface area contributed by atoms with E-state index < -0.39 is 30.0 Å². The summed E-state index contributed by atoms with van der Waals surface area (Å²) >= 11 is 6.18. The Morgan fingerprint density at radius 2 is 1.95 bits per heavy atom. The average Bonchev–Trinajstić information content (AvgIpc) is 3.41. The predicted molar refractivity (Wildman–Crippen MR) is 173 cm³/mol. The van der Waals surface area contributed by atoms with Gasteiger partial charge in [-0.3, -0.25) is 9.56 Å². The summed E-state index contributed by atoms with van der Waals surface area (Å²) in [5.74, 6) is -0.561. The highest BCUT2D eigenvalue weighted by atomic mass is 35.5. The molecule has 0 amide bonds. The SMILES string of the molecule is C=C.CC(N)=NCCCNC(C)c1ccc(-n2cc3cc(-c4cc(CCCC(N)CF)cc(Cl)c4F)[nH]c3nc2=O)cc1F. The molecule has 0 radical (unpaired) electrons. The lowest BCUT2D eigenvalue weighted by Gasteiger charge is -2.16. The quantitative estimate of drug-likeness (QED) is 0.0610. The van der Waals surface area contributed by atoms with Gasteiger partial charge in [0, 0.05) is 41.3 Å². The van der Waals surface area contributed by atoms with Crippen LogP contribution in [0.1, 0.15) is 50.3 Å². The number of hydrogen-bond donors (Lipinski definition) is 4. The molecule has 6 N–H and O–H groups in total. The van der Waals surface area contributed by atoms with Crippen LogP contribution in [0.3, 0.4) is 0 Å². The second kappa shape index (κ2) is 16.2. The first-order valence-corrected chi connectivity index (χ1v) is 14.7. The highest BCUT2D eigenvalue weighted by Gasteiger charge is 2.17. The van der Waals surface area contributed by atoms with Gasteiger partial charge in [-0.2, -0.15) is 4.98 Å². The van der Waals surface area contributed by atoms with Crippen LogP contribution in [0, 0.1) is 11.6 Å². The molecule has 4 aromatic rings. The van der Waals surface area contributed by atoms with Crippen molar-refractivity contribution in [2.45, 2.75) is 51.6 Å².